The van der Waals surface area contributed by atoms with Crippen molar-refractivity contribution in [3.63, 3.8) is 0 Å². The average Bonchev–Trinajstić information content (AvgIpc) is 2.58. The molecular formula is C17H18O4S2. The van der Waals surface area contributed by atoms with Gasteiger partial charge in [-0.1, -0.05) is 48.5 Å². The van der Waals surface area contributed by atoms with Crippen LogP contribution in [0.25, 0.3) is 0 Å². The predicted molar refractivity (Wildman–Crippen MR) is 91.9 cm³/mol. The monoisotopic (exact) mass is 350 g/mol. The minimum absolute atomic E-state index is 0.0891. The van der Waals surface area contributed by atoms with E-state index in [4.69, 9.17) is 4.74 Å². The summed E-state index contributed by atoms with van der Waals surface area (Å²) in [7, 11) is -4.00. The van der Waals surface area contributed by atoms with Crippen molar-refractivity contribution in [2.75, 3.05) is 12.9 Å². The van der Waals surface area contributed by atoms with Crippen molar-refractivity contribution in [2.24, 2.45) is 0 Å². The Morgan fingerprint density at radius 2 is 1.57 bits per heavy atom. The number of hydrogen-bond acceptors (Lipinski definition) is 5. The number of carbonyl (C=O) groups is 1. The van der Waals surface area contributed by atoms with Crippen LogP contribution in [0.15, 0.2) is 65.6 Å². The van der Waals surface area contributed by atoms with Gasteiger partial charge in [-0.15, -0.1) is 11.8 Å². The third-order valence-electron chi connectivity index (χ3n) is 3.42. The number of ether oxygens (including phenoxy) is 1. The Bertz CT molecular complexity index is 758. The van der Waals surface area contributed by atoms with E-state index in [-0.39, 0.29) is 11.5 Å². The van der Waals surface area contributed by atoms with Crippen molar-refractivity contribution in [3.8, 4) is 0 Å². The molecule has 0 saturated heterocycles. The third-order valence-corrected chi connectivity index (χ3v) is 7.60. The molecule has 1 atom stereocenters. The van der Waals surface area contributed by atoms with Gasteiger partial charge in [0.2, 0.25) is 13.9 Å². The first kappa shape index (κ1) is 17.6. The molecule has 23 heavy (non-hydrogen) atoms. The summed E-state index contributed by atoms with van der Waals surface area (Å²) < 4.78 is 29.9. The third kappa shape index (κ3) is 3.01. The van der Waals surface area contributed by atoms with Gasteiger partial charge in [0, 0.05) is 0 Å². The summed E-state index contributed by atoms with van der Waals surface area (Å²) >= 11 is 0.958. The van der Waals surface area contributed by atoms with Gasteiger partial charge in [-0.3, -0.25) is 0 Å². The largest absolute Gasteiger partial charge is 0.464 e. The summed E-state index contributed by atoms with van der Waals surface area (Å²) in [6.45, 7) is 1.77. The van der Waals surface area contributed by atoms with Gasteiger partial charge in [0.25, 0.3) is 0 Å². The predicted octanol–water partition coefficient (Wildman–Crippen LogP) is 3.24. The van der Waals surface area contributed by atoms with Crippen LogP contribution in [-0.2, 0) is 23.4 Å². The lowest BCUT2D eigenvalue weighted by atomic mass is 10.1. The van der Waals surface area contributed by atoms with Crippen molar-refractivity contribution >= 4 is 27.6 Å². The zero-order chi connectivity index (χ0) is 16.9. The summed E-state index contributed by atoms with van der Waals surface area (Å²) in [5.41, 5.74) is 0.384. The Balaban J connectivity index is 2.74. The summed E-state index contributed by atoms with van der Waals surface area (Å²) in [6.07, 6.45) is 1.60. The fourth-order valence-electron chi connectivity index (χ4n) is 2.34. The number of thioether (sulfide) groups is 1. The van der Waals surface area contributed by atoms with Gasteiger partial charge in [0.05, 0.1) is 11.5 Å². The molecule has 0 spiro atoms. The zero-order valence-electron chi connectivity index (χ0n) is 12.9. The van der Waals surface area contributed by atoms with Crippen molar-refractivity contribution in [2.45, 2.75) is 15.9 Å². The first-order valence-corrected chi connectivity index (χ1v) is 9.79. The standard InChI is InChI=1S/C17H18O4S2/c1-3-21-16(18)17(22-2,14-10-6-4-7-11-14)23(19,20)15-12-8-5-9-13-15/h4-13H,3H2,1-2H3. The van der Waals surface area contributed by atoms with Crippen LogP contribution in [0, 0.1) is 0 Å². The van der Waals surface area contributed by atoms with E-state index in [1.807, 2.05) is 0 Å². The van der Waals surface area contributed by atoms with E-state index in [2.05, 4.69) is 0 Å². The maximum Gasteiger partial charge on any atom is 0.342 e. The topological polar surface area (TPSA) is 60.4 Å². The van der Waals surface area contributed by atoms with Crippen molar-refractivity contribution in [1.82, 2.24) is 0 Å². The minimum atomic E-state index is -4.00. The fourth-order valence-corrected chi connectivity index (χ4v) is 5.68. The maximum absolute atomic E-state index is 13.3. The van der Waals surface area contributed by atoms with Gasteiger partial charge in [0.1, 0.15) is 0 Å². The van der Waals surface area contributed by atoms with Crippen LogP contribution < -0.4 is 0 Å². The quantitative estimate of drug-likeness (QED) is 0.749. The summed E-state index contributed by atoms with van der Waals surface area (Å²) in [6, 6.07) is 16.4. The van der Waals surface area contributed by atoms with Crippen molar-refractivity contribution < 1.29 is 17.9 Å². The molecule has 0 aliphatic heterocycles. The SMILES string of the molecule is CCOC(=O)C(SC)(c1ccccc1)S(=O)(=O)c1ccccc1. The molecule has 0 aliphatic rings. The molecule has 122 valence electrons. The van der Waals surface area contributed by atoms with Crippen LogP contribution >= 0.6 is 11.8 Å². The van der Waals surface area contributed by atoms with Crippen LogP contribution in [-0.4, -0.2) is 27.2 Å². The maximum atomic E-state index is 13.3. The smallest absolute Gasteiger partial charge is 0.342 e. The molecule has 0 bridgehead atoms. The average molecular weight is 350 g/mol. The summed E-state index contributed by atoms with van der Waals surface area (Å²) in [4.78, 5) is 12.8. The van der Waals surface area contributed by atoms with E-state index in [0.717, 1.165) is 11.8 Å². The second-order valence-corrected chi connectivity index (χ2v) is 8.09. The van der Waals surface area contributed by atoms with Gasteiger partial charge in [-0.2, -0.15) is 0 Å². The lowest BCUT2D eigenvalue weighted by molar-refractivity contribution is -0.143. The van der Waals surface area contributed by atoms with Crippen molar-refractivity contribution in [1.29, 1.82) is 0 Å². The molecule has 0 saturated carbocycles. The van der Waals surface area contributed by atoms with Crippen LogP contribution in [0.3, 0.4) is 0 Å². The number of benzene rings is 2. The lowest BCUT2D eigenvalue weighted by Crippen LogP contribution is -2.42. The second-order valence-electron chi connectivity index (χ2n) is 4.72. The van der Waals surface area contributed by atoms with Gasteiger partial charge in [-0.25, -0.2) is 13.2 Å². The Morgan fingerprint density at radius 3 is 2.04 bits per heavy atom. The van der Waals surface area contributed by atoms with E-state index < -0.39 is 19.9 Å². The molecule has 6 heteroatoms. The number of rotatable bonds is 6. The van der Waals surface area contributed by atoms with Gasteiger partial charge >= 0.3 is 5.97 Å². The number of carbonyl (C=O) groups excluding carboxylic acids is 1. The summed E-state index contributed by atoms with van der Waals surface area (Å²) in [5, 5.41) is 0. The first-order valence-electron chi connectivity index (χ1n) is 7.08. The van der Waals surface area contributed by atoms with Crippen LogP contribution in [0.5, 0.6) is 0 Å². The van der Waals surface area contributed by atoms with E-state index in [1.165, 1.54) is 12.1 Å². The molecule has 2 rings (SSSR count). The van der Waals surface area contributed by atoms with Gasteiger partial charge < -0.3 is 4.74 Å². The number of hydrogen-bond donors (Lipinski definition) is 0. The van der Waals surface area contributed by atoms with Gasteiger partial charge in [-0.05, 0) is 30.9 Å². The molecule has 0 N–H and O–H groups in total. The van der Waals surface area contributed by atoms with Gasteiger partial charge in [0.15, 0.2) is 0 Å². The molecule has 0 heterocycles. The highest BCUT2D eigenvalue weighted by Gasteiger charge is 2.54. The molecule has 4 nitrogen and oxygen atoms in total. The number of sulfone groups is 1. The molecule has 0 fully saturated rings. The highest BCUT2D eigenvalue weighted by atomic mass is 32.3. The molecule has 1 unspecified atom stereocenters. The first-order chi connectivity index (χ1) is 11.0. The van der Waals surface area contributed by atoms with E-state index in [1.54, 1.807) is 61.7 Å². The van der Waals surface area contributed by atoms with Crippen LogP contribution in [0.4, 0.5) is 0 Å². The Hall–Kier alpha value is -1.79. The van der Waals surface area contributed by atoms with E-state index in [9.17, 15) is 13.2 Å². The molecule has 0 radical (unpaired) electrons. The molecule has 0 amide bonds. The van der Waals surface area contributed by atoms with Crippen LogP contribution in [0.2, 0.25) is 0 Å². The highest BCUT2D eigenvalue weighted by molar-refractivity contribution is 8.14. The Labute approximate surface area is 140 Å². The highest BCUT2D eigenvalue weighted by Crippen LogP contribution is 2.45. The Morgan fingerprint density at radius 1 is 1.04 bits per heavy atom. The molecule has 0 aliphatic carbocycles. The summed E-state index contributed by atoms with van der Waals surface area (Å²) in [5.74, 6) is -0.775. The van der Waals surface area contributed by atoms with E-state index >= 15 is 0 Å². The van der Waals surface area contributed by atoms with Crippen LogP contribution in [0.1, 0.15) is 12.5 Å². The molecule has 0 aromatic heterocycles. The second kappa shape index (κ2) is 7.19. The minimum Gasteiger partial charge on any atom is -0.464 e. The van der Waals surface area contributed by atoms with Crippen molar-refractivity contribution in [3.05, 3.63) is 66.2 Å². The fraction of sp³-hybridized carbons (Fsp3) is 0.235. The number of esters is 1. The molecular weight excluding hydrogens is 332 g/mol. The Kier molecular flexibility index (Phi) is 5.49. The van der Waals surface area contributed by atoms with E-state index in [0.29, 0.717) is 5.56 Å². The zero-order valence-corrected chi connectivity index (χ0v) is 14.6. The lowest BCUT2D eigenvalue weighted by Gasteiger charge is -2.29. The normalized spacial score (nSPS) is 14.0. The molecule has 2 aromatic carbocycles. The molecule has 2 aromatic rings.